The van der Waals surface area contributed by atoms with Crippen LogP contribution in [0, 0.1) is 5.92 Å². The molecule has 12 N–H and O–H groups in total. The number of hydrogen-bond acceptors (Lipinski definition) is 26. The molecule has 39 heteroatoms. The van der Waals surface area contributed by atoms with Crippen molar-refractivity contribution in [1.29, 1.82) is 0 Å². The Balaban J connectivity index is 0.925. The number of carbonyl (C=O) groups excluding carboxylic acids is 1. The number of ether oxygens (including phenoxy) is 5. The highest BCUT2D eigenvalue weighted by molar-refractivity contribution is 7.99. The van der Waals surface area contributed by atoms with Gasteiger partial charge in [0.2, 0.25) is 17.7 Å². The Bertz CT molecular complexity index is 3250. The van der Waals surface area contributed by atoms with Crippen LogP contribution in [0.15, 0.2) is 45.6 Å². The highest BCUT2D eigenvalue weighted by Gasteiger charge is 2.52. The molecule has 1 amide bonds. The molecule has 8 heterocycles. The van der Waals surface area contributed by atoms with Gasteiger partial charge in [0, 0.05) is 45.8 Å². The fourth-order valence-electron chi connectivity index (χ4n) is 8.52. The van der Waals surface area contributed by atoms with Gasteiger partial charge in [0.1, 0.15) is 42.4 Å². The summed E-state index contributed by atoms with van der Waals surface area (Å²) in [7, 11) is -12.0. The number of nitrogens with zero attached hydrogens (tertiary/aromatic N) is 9. The number of H-pyrrole nitrogens is 2. The summed E-state index contributed by atoms with van der Waals surface area (Å²) in [6, 6.07) is 1.02. The number of thioether (sulfide) groups is 1. The number of aryl methyl sites for hydroxylation is 1. The molecule has 0 bridgehead atoms. The summed E-state index contributed by atoms with van der Waals surface area (Å²) in [5.41, 5.74) is 9.83. The van der Waals surface area contributed by atoms with E-state index in [4.69, 9.17) is 44.2 Å². The molecule has 3 unspecified atom stereocenters. The van der Waals surface area contributed by atoms with Crippen LogP contribution in [-0.2, 0) is 66.9 Å². The molecule has 3 aliphatic rings. The fourth-order valence-corrected chi connectivity index (χ4v) is 13.2. The molecule has 3 fully saturated rings. The minimum absolute atomic E-state index is 0.0170. The lowest BCUT2D eigenvalue weighted by molar-refractivity contribution is -0.745. The van der Waals surface area contributed by atoms with Crippen LogP contribution in [0.5, 0.6) is 0 Å². The first-order valence-corrected chi connectivity index (χ1v) is 27.5. The highest BCUT2D eigenvalue weighted by atomic mass is 32.2. The molecule has 412 valence electrons. The van der Waals surface area contributed by atoms with Gasteiger partial charge in [-0.1, -0.05) is 4.98 Å². The van der Waals surface area contributed by atoms with E-state index >= 15 is 0 Å². The zero-order valence-electron chi connectivity index (χ0n) is 39.5. The Morgan fingerprint density at radius 1 is 0.880 bits per heavy atom. The summed E-state index contributed by atoms with van der Waals surface area (Å²) in [6.45, 7) is -2.30. The predicted octanol–water partition coefficient (Wildman–Crippen LogP) is -3.57. The SMILES string of the molecule is CO[C@@H]1[C@H](SCOC[C@H]2O[C@@H](n3ccc(=O)[nH]c3=O)[C@H](O)[C@@H]2O)[C@@H](COP(=O)(O)OP(=O)(O)OP(=O)(O)OC[C@H]2O[C@@H]([n+]3cn(C)c4c(=O)[nH]c(N)nc43)[C@H](O)[C@@H]2CC(=O)N(C)C)O[C@H]1n1cnc2c(N)ncnc21. The van der Waals surface area contributed by atoms with Gasteiger partial charge >= 0.3 is 34.8 Å². The van der Waals surface area contributed by atoms with Crippen molar-refractivity contribution in [3.05, 3.63) is 62.4 Å². The number of aromatic amines is 2. The van der Waals surface area contributed by atoms with Crippen LogP contribution >= 0.6 is 35.2 Å². The van der Waals surface area contributed by atoms with Crippen LogP contribution in [-0.4, -0.2) is 179 Å². The average molecular weight is 1140 g/mol. The van der Waals surface area contributed by atoms with Crippen molar-refractivity contribution in [3.8, 4) is 0 Å². The third kappa shape index (κ3) is 12.1. The molecular weight excluding hydrogens is 1090 g/mol. The van der Waals surface area contributed by atoms with Crippen LogP contribution < -0.4 is 32.8 Å². The zero-order valence-corrected chi connectivity index (χ0v) is 43.0. The number of carbonyl (C=O) groups is 1. The molecule has 5 aromatic heterocycles. The monoisotopic (exact) mass is 1140 g/mol. The molecule has 0 aromatic carbocycles. The lowest BCUT2D eigenvalue weighted by Crippen LogP contribution is -2.45. The number of nitrogen functional groups attached to an aromatic ring is 2. The van der Waals surface area contributed by atoms with Gasteiger partial charge in [-0.25, -0.2) is 38.0 Å². The first kappa shape index (κ1) is 56.3. The number of nitrogens with one attached hydrogen (secondary N) is 2. The Morgan fingerprint density at radius 3 is 2.23 bits per heavy atom. The number of rotatable bonds is 21. The van der Waals surface area contributed by atoms with Crippen molar-refractivity contribution in [3.63, 3.8) is 0 Å². The van der Waals surface area contributed by atoms with E-state index in [1.165, 1.54) is 59.5 Å². The molecule has 0 spiro atoms. The van der Waals surface area contributed by atoms with Gasteiger partial charge in [0.15, 0.2) is 30.2 Å². The molecule has 0 aliphatic carbocycles. The largest absolute Gasteiger partial charge is 0.490 e. The van der Waals surface area contributed by atoms with Crippen LogP contribution in [0.3, 0.4) is 0 Å². The summed E-state index contributed by atoms with van der Waals surface area (Å²) in [5.74, 6) is -2.23. The smallest absolute Gasteiger partial charge is 0.387 e. The highest BCUT2D eigenvalue weighted by Crippen LogP contribution is 2.68. The average Bonchev–Trinajstić information content (AvgIpc) is 4.12. The second kappa shape index (κ2) is 22.2. The van der Waals surface area contributed by atoms with E-state index in [9.17, 15) is 62.9 Å². The number of hydrogen-bond donors (Lipinski definition) is 10. The third-order valence-corrected chi connectivity index (χ3v) is 17.5. The van der Waals surface area contributed by atoms with Gasteiger partial charge in [-0.15, -0.1) is 11.8 Å². The number of nitrogens with two attached hydrogens (primary N) is 2. The van der Waals surface area contributed by atoms with Gasteiger partial charge in [0.05, 0.1) is 56.6 Å². The number of amides is 1. The van der Waals surface area contributed by atoms with E-state index in [0.29, 0.717) is 0 Å². The van der Waals surface area contributed by atoms with Crippen molar-refractivity contribution in [2.75, 3.05) is 58.4 Å². The molecule has 8 rings (SSSR count). The van der Waals surface area contributed by atoms with Gasteiger partial charge in [-0.05, 0) is 0 Å². The first-order valence-electron chi connectivity index (χ1n) is 21.9. The molecule has 15 atom stereocenters. The van der Waals surface area contributed by atoms with Crippen molar-refractivity contribution < 1.29 is 94.4 Å². The van der Waals surface area contributed by atoms with Gasteiger partial charge < -0.3 is 70.1 Å². The maximum Gasteiger partial charge on any atom is 0.490 e. The van der Waals surface area contributed by atoms with E-state index in [1.807, 2.05) is 4.98 Å². The minimum Gasteiger partial charge on any atom is -0.387 e. The maximum absolute atomic E-state index is 13.3. The summed E-state index contributed by atoms with van der Waals surface area (Å²) >= 11 is 0.978. The summed E-state index contributed by atoms with van der Waals surface area (Å²) in [5, 5.41) is 31.9. The lowest BCUT2D eigenvalue weighted by atomic mass is 9.94. The Kier molecular flexibility index (Phi) is 16.7. The van der Waals surface area contributed by atoms with Crippen LogP contribution in [0.25, 0.3) is 22.3 Å². The van der Waals surface area contributed by atoms with Crippen molar-refractivity contribution in [2.24, 2.45) is 13.0 Å². The standard InChI is InChI=1S/C36H50N13O22P3S/c1-45(2)20(51)7-15-16(67-32(23(15)52)49-13-46(3)22-30(49)43-35(38)44-31(22)55)9-65-72(57,58)70-74(61,62)71-73(59,60)66-10-18-27(26(63-4)34(69-18)48-12-41-21-28(37)39-11-40-29(21)48)75-14-64-8-17-24(53)25(54)33(68-17)47-6-5-19(50)42-36(47)56/h5-6,11-13,15-18,23-27,32-34,52-54H,7-10,14H2,1-4H3,(H8-,37,38,39,40,42,43,44,50,55,56,57,58,59,60,61,62)/p+1/t15-,16-,17-,18-,23-,24-,25-,26-,27-,32-,33-,34-/m1/s1. The molecule has 0 saturated carbocycles. The van der Waals surface area contributed by atoms with Gasteiger partial charge in [-0.2, -0.15) is 8.62 Å². The van der Waals surface area contributed by atoms with Crippen LogP contribution in [0.4, 0.5) is 11.8 Å². The molecule has 3 saturated heterocycles. The fraction of sp³-hybridized carbons (Fsp3) is 0.583. The van der Waals surface area contributed by atoms with Gasteiger partial charge in [-0.3, -0.25) is 47.1 Å². The number of methoxy groups -OCH3 is 1. The van der Waals surface area contributed by atoms with E-state index < -0.39 is 138 Å². The topological polar surface area (TPSA) is 481 Å². The lowest BCUT2D eigenvalue weighted by Gasteiger charge is -2.24. The Labute approximate surface area is 424 Å². The second-order valence-corrected chi connectivity index (χ2v) is 22.9. The summed E-state index contributed by atoms with van der Waals surface area (Å²) in [4.78, 5) is 103. The minimum atomic E-state index is -6.10. The van der Waals surface area contributed by atoms with E-state index in [0.717, 1.165) is 34.9 Å². The predicted molar refractivity (Wildman–Crippen MR) is 250 cm³/mol. The van der Waals surface area contributed by atoms with E-state index in [-0.39, 0.29) is 46.6 Å². The first-order chi connectivity index (χ1) is 35.3. The van der Waals surface area contributed by atoms with Crippen molar-refractivity contribution >= 4 is 75.2 Å². The molecule has 75 heavy (non-hydrogen) atoms. The number of anilines is 2. The normalized spacial score (nSPS) is 29.4. The number of imidazole rings is 2. The summed E-state index contributed by atoms with van der Waals surface area (Å²) in [6.07, 6.45) is -9.16. The third-order valence-electron chi connectivity index (χ3n) is 12.0. The number of phosphoric acid groups is 3. The van der Waals surface area contributed by atoms with Gasteiger partial charge in [0.25, 0.3) is 17.1 Å². The number of phosphoric ester groups is 2. The van der Waals surface area contributed by atoms with E-state index in [2.05, 4.69) is 33.5 Å². The Hall–Kier alpha value is -4.91. The van der Waals surface area contributed by atoms with Crippen LogP contribution in [0.1, 0.15) is 25.1 Å². The van der Waals surface area contributed by atoms with E-state index in [1.54, 1.807) is 0 Å². The number of aliphatic hydroxyl groups is 3. The van der Waals surface area contributed by atoms with Crippen LogP contribution in [0.2, 0.25) is 0 Å². The number of fused-ring (bicyclic) bond motifs is 2. The molecular formula is C36H51N13O22P3S+. The molecule has 3 aliphatic heterocycles. The number of aliphatic hydroxyl groups excluding tert-OH is 3. The second-order valence-electron chi connectivity index (χ2n) is 17.2. The molecule has 5 aromatic rings. The van der Waals surface area contributed by atoms with Crippen molar-refractivity contribution in [2.45, 2.75) is 73.1 Å². The Morgan fingerprint density at radius 2 is 1.56 bits per heavy atom. The zero-order chi connectivity index (χ0) is 54.5. The summed E-state index contributed by atoms with van der Waals surface area (Å²) < 4.78 is 92.6. The maximum atomic E-state index is 13.3. The van der Waals surface area contributed by atoms with Crippen molar-refractivity contribution in [1.82, 2.24) is 48.5 Å². The number of aromatic nitrogens is 10. The molecule has 0 radical (unpaired) electrons. The quantitative estimate of drug-likeness (QED) is 0.0147. The molecule has 35 nitrogen and oxygen atoms in total.